The molecule has 1 rings (SSSR count). The van der Waals surface area contributed by atoms with Crippen LogP contribution in [0.2, 0.25) is 0 Å². The Bertz CT molecular complexity index is 544. The number of rotatable bonds is 9. The summed E-state index contributed by atoms with van der Waals surface area (Å²) in [5.74, 6) is 0.613. The predicted octanol–water partition coefficient (Wildman–Crippen LogP) is 1.25. The highest BCUT2D eigenvalue weighted by Crippen LogP contribution is 2.22. The van der Waals surface area contributed by atoms with Gasteiger partial charge in [-0.1, -0.05) is 0 Å². The van der Waals surface area contributed by atoms with Crippen molar-refractivity contribution in [1.29, 1.82) is 0 Å². The summed E-state index contributed by atoms with van der Waals surface area (Å²) < 4.78 is 37.5. The molecular weight excluding hydrogens is 292 g/mol. The van der Waals surface area contributed by atoms with Crippen molar-refractivity contribution in [2.75, 3.05) is 19.8 Å². The molecule has 0 saturated carbocycles. The van der Waals surface area contributed by atoms with Crippen molar-refractivity contribution in [1.82, 2.24) is 4.72 Å². The molecule has 0 aliphatic heterocycles. The minimum Gasteiger partial charge on any atom is -0.494 e. The van der Waals surface area contributed by atoms with E-state index in [9.17, 15) is 8.42 Å². The summed E-state index contributed by atoms with van der Waals surface area (Å²) >= 11 is 0. The molecule has 0 aromatic heterocycles. The van der Waals surface area contributed by atoms with Gasteiger partial charge in [0, 0.05) is 18.7 Å². The van der Waals surface area contributed by atoms with Gasteiger partial charge in [0.2, 0.25) is 10.0 Å². The maximum Gasteiger partial charge on any atom is 0.240 e. The van der Waals surface area contributed by atoms with Crippen LogP contribution in [0, 0.1) is 0 Å². The fourth-order valence-corrected chi connectivity index (χ4v) is 2.80. The van der Waals surface area contributed by atoms with Crippen molar-refractivity contribution in [3.05, 3.63) is 23.8 Å². The normalized spacial score (nSPS) is 11.9. The molecule has 0 bridgehead atoms. The Morgan fingerprint density at radius 1 is 1.33 bits per heavy atom. The van der Waals surface area contributed by atoms with Crippen molar-refractivity contribution < 1.29 is 17.9 Å². The number of sulfonamides is 1. The van der Waals surface area contributed by atoms with E-state index in [2.05, 4.69) is 4.72 Å². The summed E-state index contributed by atoms with van der Waals surface area (Å²) in [7, 11) is -3.56. The third-order valence-corrected chi connectivity index (χ3v) is 4.17. The molecule has 21 heavy (non-hydrogen) atoms. The number of nitrogens with one attached hydrogen (secondary N) is 1. The lowest BCUT2D eigenvalue weighted by atomic mass is 10.2. The van der Waals surface area contributed by atoms with Gasteiger partial charge in [0.05, 0.1) is 24.2 Å². The van der Waals surface area contributed by atoms with E-state index in [1.165, 1.54) is 12.1 Å². The number of nitrogens with two attached hydrogens (primary N) is 1. The van der Waals surface area contributed by atoms with Gasteiger partial charge in [0.15, 0.2) is 0 Å². The Labute approximate surface area is 126 Å². The van der Waals surface area contributed by atoms with Gasteiger partial charge in [-0.3, -0.25) is 0 Å². The van der Waals surface area contributed by atoms with Crippen molar-refractivity contribution in [3.63, 3.8) is 0 Å². The Kier molecular flexibility index (Phi) is 7.10. The number of benzene rings is 1. The van der Waals surface area contributed by atoms with Crippen LogP contribution in [0.3, 0.4) is 0 Å². The lowest BCUT2D eigenvalue weighted by Crippen LogP contribution is -2.28. The highest BCUT2D eigenvalue weighted by atomic mass is 32.2. The molecular formula is C14H24N2O4S. The molecule has 0 amide bonds. The van der Waals surface area contributed by atoms with Crippen molar-refractivity contribution in [3.8, 4) is 5.75 Å². The van der Waals surface area contributed by atoms with Gasteiger partial charge < -0.3 is 15.2 Å². The van der Waals surface area contributed by atoms with E-state index >= 15 is 0 Å². The summed E-state index contributed by atoms with van der Waals surface area (Å²) in [6, 6.07) is 4.68. The third-order valence-electron chi connectivity index (χ3n) is 2.71. The minimum atomic E-state index is -3.56. The van der Waals surface area contributed by atoms with E-state index in [-0.39, 0.29) is 24.1 Å². The second-order valence-corrected chi connectivity index (χ2v) is 6.49. The smallest absolute Gasteiger partial charge is 0.240 e. The van der Waals surface area contributed by atoms with Crippen LogP contribution < -0.4 is 15.2 Å². The summed E-state index contributed by atoms with van der Waals surface area (Å²) in [4.78, 5) is 0.177. The molecule has 120 valence electrons. The summed E-state index contributed by atoms with van der Waals surface area (Å²) in [5, 5.41) is 0. The SMILES string of the molecule is CCOc1ccc(S(=O)(=O)NCCOC(C)C)cc1CN. The molecule has 3 N–H and O–H groups in total. The average molecular weight is 316 g/mol. The zero-order valence-electron chi connectivity index (χ0n) is 12.8. The van der Waals surface area contributed by atoms with Gasteiger partial charge in [-0.05, 0) is 39.0 Å². The summed E-state index contributed by atoms with van der Waals surface area (Å²) in [6.45, 7) is 6.94. The van der Waals surface area contributed by atoms with E-state index in [1.807, 2.05) is 20.8 Å². The van der Waals surface area contributed by atoms with E-state index in [0.29, 0.717) is 24.5 Å². The second kappa shape index (κ2) is 8.33. The van der Waals surface area contributed by atoms with Gasteiger partial charge in [-0.25, -0.2) is 13.1 Å². The lowest BCUT2D eigenvalue weighted by Gasteiger charge is -2.12. The summed E-state index contributed by atoms with van der Waals surface area (Å²) in [5.41, 5.74) is 6.30. The monoisotopic (exact) mass is 316 g/mol. The molecule has 0 atom stereocenters. The number of ether oxygens (including phenoxy) is 2. The zero-order chi connectivity index (χ0) is 15.9. The zero-order valence-corrected chi connectivity index (χ0v) is 13.6. The molecule has 7 heteroatoms. The molecule has 1 aromatic rings. The van der Waals surface area contributed by atoms with E-state index in [4.69, 9.17) is 15.2 Å². The fraction of sp³-hybridized carbons (Fsp3) is 0.571. The molecule has 0 aliphatic rings. The quantitative estimate of drug-likeness (QED) is 0.669. The Balaban J connectivity index is 2.78. The Morgan fingerprint density at radius 3 is 2.62 bits per heavy atom. The van der Waals surface area contributed by atoms with E-state index in [1.54, 1.807) is 6.07 Å². The van der Waals surface area contributed by atoms with E-state index in [0.717, 1.165) is 0 Å². The van der Waals surface area contributed by atoms with Gasteiger partial charge in [0.25, 0.3) is 0 Å². The standard InChI is InChI=1S/C14H24N2O4S/c1-4-19-14-6-5-13(9-12(14)10-15)21(17,18)16-7-8-20-11(2)3/h5-6,9,11,16H,4,7-8,10,15H2,1-3H3. The molecule has 0 unspecified atom stereocenters. The highest BCUT2D eigenvalue weighted by Gasteiger charge is 2.15. The average Bonchev–Trinajstić information content (AvgIpc) is 2.44. The Morgan fingerprint density at radius 2 is 2.05 bits per heavy atom. The first kappa shape index (κ1) is 17.9. The predicted molar refractivity (Wildman–Crippen MR) is 81.8 cm³/mol. The lowest BCUT2D eigenvalue weighted by molar-refractivity contribution is 0.0834. The van der Waals surface area contributed by atoms with Crippen LogP contribution in [0.4, 0.5) is 0 Å². The largest absolute Gasteiger partial charge is 0.494 e. The molecule has 0 saturated heterocycles. The minimum absolute atomic E-state index is 0.0730. The molecule has 0 spiro atoms. The first-order valence-electron chi connectivity index (χ1n) is 6.97. The molecule has 0 aliphatic carbocycles. The van der Waals surface area contributed by atoms with Gasteiger partial charge in [-0.2, -0.15) is 0 Å². The second-order valence-electron chi connectivity index (χ2n) is 4.72. The van der Waals surface area contributed by atoms with Gasteiger partial charge in [-0.15, -0.1) is 0 Å². The third kappa shape index (κ3) is 5.62. The van der Waals surface area contributed by atoms with Crippen LogP contribution in [0.25, 0.3) is 0 Å². The van der Waals surface area contributed by atoms with Crippen LogP contribution in [0.1, 0.15) is 26.3 Å². The van der Waals surface area contributed by atoms with Gasteiger partial charge in [0.1, 0.15) is 5.75 Å². The van der Waals surface area contributed by atoms with Crippen LogP contribution >= 0.6 is 0 Å². The summed E-state index contributed by atoms with van der Waals surface area (Å²) in [6.07, 6.45) is 0.0730. The molecule has 0 radical (unpaired) electrons. The van der Waals surface area contributed by atoms with E-state index < -0.39 is 10.0 Å². The van der Waals surface area contributed by atoms with Crippen LogP contribution in [0.5, 0.6) is 5.75 Å². The number of hydrogen-bond acceptors (Lipinski definition) is 5. The molecule has 0 heterocycles. The molecule has 0 fully saturated rings. The fourth-order valence-electron chi connectivity index (χ4n) is 1.73. The van der Waals surface area contributed by atoms with Crippen molar-refractivity contribution in [2.24, 2.45) is 5.73 Å². The molecule has 1 aromatic carbocycles. The van der Waals surface area contributed by atoms with Crippen LogP contribution in [-0.4, -0.2) is 34.3 Å². The first-order chi connectivity index (χ1) is 9.90. The first-order valence-corrected chi connectivity index (χ1v) is 8.46. The number of hydrogen-bond donors (Lipinski definition) is 2. The van der Waals surface area contributed by atoms with Gasteiger partial charge >= 0.3 is 0 Å². The Hall–Kier alpha value is -1.15. The molecule has 6 nitrogen and oxygen atoms in total. The van der Waals surface area contributed by atoms with Crippen molar-refractivity contribution in [2.45, 2.75) is 38.3 Å². The van der Waals surface area contributed by atoms with Crippen LogP contribution in [-0.2, 0) is 21.3 Å². The maximum absolute atomic E-state index is 12.2. The maximum atomic E-state index is 12.2. The highest BCUT2D eigenvalue weighted by molar-refractivity contribution is 7.89. The topological polar surface area (TPSA) is 90.7 Å². The van der Waals surface area contributed by atoms with Crippen LogP contribution in [0.15, 0.2) is 23.1 Å². The van der Waals surface area contributed by atoms with Crippen molar-refractivity contribution >= 4 is 10.0 Å².